The van der Waals surface area contributed by atoms with E-state index in [1.54, 1.807) is 9.80 Å². The van der Waals surface area contributed by atoms with Gasteiger partial charge in [0.25, 0.3) is 0 Å². The molecule has 1 aromatic carbocycles. The van der Waals surface area contributed by atoms with Crippen LogP contribution in [-0.2, 0) is 25.8 Å². The Labute approximate surface area is 172 Å². The van der Waals surface area contributed by atoms with Gasteiger partial charge in [-0.25, -0.2) is 8.42 Å². The van der Waals surface area contributed by atoms with E-state index < -0.39 is 15.8 Å². The maximum absolute atomic E-state index is 13.0. The molecule has 2 heterocycles. The highest BCUT2D eigenvalue weighted by atomic mass is 35.5. The van der Waals surface area contributed by atoms with Crippen LogP contribution in [-0.4, -0.2) is 73.8 Å². The summed E-state index contributed by atoms with van der Waals surface area (Å²) in [7, 11) is -3.06. The zero-order valence-corrected chi connectivity index (χ0v) is 17.5. The standard InChI is InChI=1S/C19H27N3O4S.ClH/c20-8-10-21(9-6-15-4-2-1-3-5-15)19(24)16-12-18(23)22(13-16)17-7-11-27(25,26)14-17;/h1-5,16-17H,6-14,20H2;1H. The SMILES string of the molecule is Cl.NCCN(CCc1ccccc1)C(=O)C1CC(=O)N(C2CCS(=O)(=O)C2)C1. The second-order valence-corrected chi connectivity index (χ2v) is 9.58. The summed E-state index contributed by atoms with van der Waals surface area (Å²) in [5, 5.41) is 0. The molecule has 0 bridgehead atoms. The number of nitrogens with two attached hydrogens (primary N) is 1. The third-order valence-corrected chi connectivity index (χ3v) is 7.13. The zero-order valence-electron chi connectivity index (χ0n) is 15.8. The second-order valence-electron chi connectivity index (χ2n) is 7.35. The molecule has 7 nitrogen and oxygen atoms in total. The van der Waals surface area contributed by atoms with Gasteiger partial charge in [-0.3, -0.25) is 9.59 Å². The van der Waals surface area contributed by atoms with Crippen LogP contribution in [0.1, 0.15) is 18.4 Å². The van der Waals surface area contributed by atoms with Crippen LogP contribution >= 0.6 is 12.4 Å². The molecular weight excluding hydrogens is 402 g/mol. The summed E-state index contributed by atoms with van der Waals surface area (Å²) in [6, 6.07) is 9.64. The summed E-state index contributed by atoms with van der Waals surface area (Å²) < 4.78 is 23.4. The van der Waals surface area contributed by atoms with E-state index in [9.17, 15) is 18.0 Å². The molecule has 2 atom stereocenters. The molecule has 0 saturated carbocycles. The average Bonchev–Trinajstić information content (AvgIpc) is 3.21. The van der Waals surface area contributed by atoms with Crippen molar-refractivity contribution in [1.82, 2.24) is 9.80 Å². The molecule has 0 aromatic heterocycles. The monoisotopic (exact) mass is 429 g/mol. The lowest BCUT2D eigenvalue weighted by molar-refractivity contribution is -0.135. The number of hydrogen-bond donors (Lipinski definition) is 1. The predicted molar refractivity (Wildman–Crippen MR) is 110 cm³/mol. The van der Waals surface area contributed by atoms with Gasteiger partial charge in [-0.05, 0) is 18.4 Å². The minimum Gasteiger partial charge on any atom is -0.341 e. The molecular formula is C19H28ClN3O4S. The summed E-state index contributed by atoms with van der Waals surface area (Å²) in [4.78, 5) is 28.7. The van der Waals surface area contributed by atoms with Gasteiger partial charge in [0.2, 0.25) is 11.8 Å². The van der Waals surface area contributed by atoms with E-state index in [0.29, 0.717) is 32.6 Å². The highest BCUT2D eigenvalue weighted by Crippen LogP contribution is 2.27. The summed E-state index contributed by atoms with van der Waals surface area (Å²) in [6.45, 7) is 1.69. The van der Waals surface area contributed by atoms with Gasteiger partial charge in [-0.1, -0.05) is 30.3 Å². The molecule has 2 unspecified atom stereocenters. The lowest BCUT2D eigenvalue weighted by Crippen LogP contribution is -2.42. The van der Waals surface area contributed by atoms with Crippen molar-refractivity contribution in [2.24, 2.45) is 11.7 Å². The number of benzene rings is 1. The van der Waals surface area contributed by atoms with Crippen LogP contribution < -0.4 is 5.73 Å². The van der Waals surface area contributed by atoms with Gasteiger partial charge >= 0.3 is 0 Å². The first-order valence-corrected chi connectivity index (χ1v) is 11.2. The molecule has 0 spiro atoms. The first-order valence-electron chi connectivity index (χ1n) is 9.42. The molecule has 156 valence electrons. The number of amides is 2. The smallest absolute Gasteiger partial charge is 0.228 e. The van der Waals surface area contributed by atoms with Gasteiger partial charge in [0.15, 0.2) is 9.84 Å². The third-order valence-electron chi connectivity index (χ3n) is 5.38. The lowest BCUT2D eigenvalue weighted by atomic mass is 10.1. The van der Waals surface area contributed by atoms with Crippen molar-refractivity contribution >= 4 is 34.1 Å². The molecule has 3 rings (SSSR count). The molecule has 2 N–H and O–H groups in total. The normalized spacial score (nSPS) is 23.5. The molecule has 28 heavy (non-hydrogen) atoms. The fourth-order valence-electron chi connectivity index (χ4n) is 3.93. The van der Waals surface area contributed by atoms with E-state index in [0.717, 1.165) is 12.0 Å². The Hall–Kier alpha value is -1.64. The minimum absolute atomic E-state index is 0. The molecule has 9 heteroatoms. The number of halogens is 1. The van der Waals surface area contributed by atoms with E-state index in [1.807, 2.05) is 30.3 Å². The van der Waals surface area contributed by atoms with E-state index in [1.165, 1.54) is 0 Å². The molecule has 2 aliphatic rings. The highest BCUT2D eigenvalue weighted by molar-refractivity contribution is 7.91. The molecule has 2 fully saturated rings. The Bertz CT molecular complexity index is 788. The van der Waals surface area contributed by atoms with Crippen molar-refractivity contribution in [2.45, 2.75) is 25.3 Å². The number of hydrogen-bond acceptors (Lipinski definition) is 5. The Morgan fingerprint density at radius 3 is 2.54 bits per heavy atom. The fraction of sp³-hybridized carbons (Fsp3) is 0.579. The van der Waals surface area contributed by atoms with Gasteiger partial charge in [-0.15, -0.1) is 12.4 Å². The number of rotatable bonds is 7. The van der Waals surface area contributed by atoms with E-state index in [-0.39, 0.29) is 48.2 Å². The molecule has 2 amide bonds. The summed E-state index contributed by atoms with van der Waals surface area (Å²) in [6.07, 6.45) is 1.36. The fourth-order valence-corrected chi connectivity index (χ4v) is 5.66. The Kier molecular flexibility index (Phi) is 7.86. The van der Waals surface area contributed by atoms with Crippen LogP contribution in [0.2, 0.25) is 0 Å². The van der Waals surface area contributed by atoms with Gasteiger partial charge in [-0.2, -0.15) is 0 Å². The lowest BCUT2D eigenvalue weighted by Gasteiger charge is -2.26. The Morgan fingerprint density at radius 1 is 1.21 bits per heavy atom. The van der Waals surface area contributed by atoms with Crippen molar-refractivity contribution in [3.63, 3.8) is 0 Å². The van der Waals surface area contributed by atoms with Gasteiger partial charge in [0.05, 0.1) is 17.4 Å². The molecule has 2 aliphatic heterocycles. The zero-order chi connectivity index (χ0) is 19.4. The van der Waals surface area contributed by atoms with Crippen molar-refractivity contribution in [3.05, 3.63) is 35.9 Å². The quantitative estimate of drug-likeness (QED) is 0.679. The minimum atomic E-state index is -3.06. The molecule has 1 aromatic rings. The number of carbonyl (C=O) groups excluding carboxylic acids is 2. The van der Waals surface area contributed by atoms with Gasteiger partial charge < -0.3 is 15.5 Å². The van der Waals surface area contributed by atoms with Crippen LogP contribution in [0, 0.1) is 5.92 Å². The number of carbonyl (C=O) groups is 2. The first-order chi connectivity index (χ1) is 12.9. The maximum atomic E-state index is 13.0. The molecule has 2 saturated heterocycles. The average molecular weight is 430 g/mol. The van der Waals surface area contributed by atoms with Gasteiger partial charge in [0, 0.05) is 38.6 Å². The third kappa shape index (κ3) is 5.46. The summed E-state index contributed by atoms with van der Waals surface area (Å²) in [5.74, 6) is -0.459. The number of likely N-dealkylation sites (tertiary alicyclic amines) is 1. The van der Waals surface area contributed by atoms with Gasteiger partial charge in [0.1, 0.15) is 0 Å². The van der Waals surface area contributed by atoms with Crippen LogP contribution in [0.25, 0.3) is 0 Å². The largest absolute Gasteiger partial charge is 0.341 e. The Morgan fingerprint density at radius 2 is 1.93 bits per heavy atom. The topological polar surface area (TPSA) is 101 Å². The van der Waals surface area contributed by atoms with Crippen LogP contribution in [0.3, 0.4) is 0 Å². The highest BCUT2D eigenvalue weighted by Gasteiger charge is 2.42. The molecule has 0 aliphatic carbocycles. The van der Waals surface area contributed by atoms with E-state index >= 15 is 0 Å². The van der Waals surface area contributed by atoms with Crippen LogP contribution in [0.5, 0.6) is 0 Å². The Balaban J connectivity index is 0.00000280. The van der Waals surface area contributed by atoms with Crippen LogP contribution in [0.15, 0.2) is 30.3 Å². The van der Waals surface area contributed by atoms with E-state index in [4.69, 9.17) is 5.73 Å². The van der Waals surface area contributed by atoms with Crippen molar-refractivity contribution < 1.29 is 18.0 Å². The van der Waals surface area contributed by atoms with E-state index in [2.05, 4.69) is 0 Å². The summed E-state index contributed by atoms with van der Waals surface area (Å²) >= 11 is 0. The summed E-state index contributed by atoms with van der Waals surface area (Å²) in [5.41, 5.74) is 6.83. The van der Waals surface area contributed by atoms with Crippen molar-refractivity contribution in [2.75, 3.05) is 37.7 Å². The molecule has 0 radical (unpaired) electrons. The predicted octanol–water partition coefficient (Wildman–Crippen LogP) is 0.474. The van der Waals surface area contributed by atoms with Crippen LogP contribution in [0.4, 0.5) is 0 Å². The number of sulfone groups is 1. The number of nitrogens with zero attached hydrogens (tertiary/aromatic N) is 2. The first kappa shape index (κ1) is 22.6. The van der Waals surface area contributed by atoms with Crippen molar-refractivity contribution in [3.8, 4) is 0 Å². The second kappa shape index (κ2) is 9.71. The van der Waals surface area contributed by atoms with Crippen molar-refractivity contribution in [1.29, 1.82) is 0 Å². The maximum Gasteiger partial charge on any atom is 0.228 e.